The molecule has 4 aromatic rings. The second-order valence-electron chi connectivity index (χ2n) is 14.7. The molecule has 4 aromatic carbocycles. The maximum Gasteiger partial charge on any atom is 0.126 e. The van der Waals surface area contributed by atoms with E-state index in [9.17, 15) is 0 Å². The lowest BCUT2D eigenvalue weighted by Crippen LogP contribution is -2.14. The second-order valence-corrected chi connectivity index (χ2v) is 14.7. The van der Waals surface area contributed by atoms with Crippen molar-refractivity contribution in [2.24, 2.45) is 0 Å². The minimum Gasteiger partial charge on any atom is -0.496 e. The topological polar surface area (TPSA) is 73.8 Å². The molecule has 0 saturated carbocycles. The van der Waals surface area contributed by atoms with E-state index >= 15 is 0 Å². The summed E-state index contributed by atoms with van der Waals surface area (Å²) >= 11 is 0. The Morgan fingerprint density at radius 1 is 0.268 bits per heavy atom. The van der Waals surface area contributed by atoms with Crippen LogP contribution in [-0.2, 0) is 0 Å². The summed E-state index contributed by atoms with van der Waals surface area (Å²) in [6.07, 6.45) is 7.25. The van der Waals surface area contributed by atoms with Crippen molar-refractivity contribution >= 4 is 0 Å². The van der Waals surface area contributed by atoms with Crippen molar-refractivity contribution < 1.29 is 37.9 Å². The van der Waals surface area contributed by atoms with Gasteiger partial charge in [0.2, 0.25) is 0 Å². The Bertz CT molecular complexity index is 1550. The monoisotopic (exact) mass is 768 g/mol. The molecule has 1 aliphatic carbocycles. The number of hydrogen-bond donors (Lipinski definition) is 0. The summed E-state index contributed by atoms with van der Waals surface area (Å²) in [5, 5.41) is 0. The summed E-state index contributed by atoms with van der Waals surface area (Å²) in [4.78, 5) is 0. The van der Waals surface area contributed by atoms with E-state index in [1.165, 1.54) is 0 Å². The van der Waals surface area contributed by atoms with Crippen LogP contribution in [0.15, 0.2) is 48.5 Å². The molecule has 8 nitrogen and oxygen atoms in total. The van der Waals surface area contributed by atoms with Crippen molar-refractivity contribution in [2.75, 3.05) is 56.9 Å². The lowest BCUT2D eigenvalue weighted by atomic mass is 9.76. The van der Waals surface area contributed by atoms with Gasteiger partial charge in [-0.2, -0.15) is 0 Å². The summed E-state index contributed by atoms with van der Waals surface area (Å²) in [6.45, 7) is 8.92. The number of ether oxygens (including phenoxy) is 8. The van der Waals surface area contributed by atoms with Crippen LogP contribution in [-0.4, -0.2) is 56.9 Å². The maximum atomic E-state index is 6.22. The lowest BCUT2D eigenvalue weighted by Gasteiger charge is -2.31. The molecule has 0 radical (unpaired) electrons. The molecule has 0 atom stereocenters. The Kier molecular flexibility index (Phi) is 14.7. The molecule has 8 heteroatoms. The fourth-order valence-corrected chi connectivity index (χ4v) is 9.04. The molecule has 0 aromatic heterocycles. The molecule has 304 valence electrons. The third-order valence-electron chi connectivity index (χ3n) is 11.6. The first-order valence-electron chi connectivity index (χ1n) is 20.3. The molecule has 0 saturated heterocycles. The van der Waals surface area contributed by atoms with Crippen molar-refractivity contribution in [2.45, 2.75) is 103 Å². The normalized spacial score (nSPS) is 17.5. The summed E-state index contributed by atoms with van der Waals surface area (Å²) < 4.78 is 49.8. The van der Waals surface area contributed by atoms with Gasteiger partial charge in [0.25, 0.3) is 0 Å². The molecule has 0 amide bonds. The first-order chi connectivity index (χ1) is 27.2. The van der Waals surface area contributed by atoms with E-state index in [0.717, 1.165) is 142 Å². The Balaban J connectivity index is 2.07. The van der Waals surface area contributed by atoms with Crippen LogP contribution in [0.2, 0.25) is 0 Å². The van der Waals surface area contributed by atoms with Crippen LogP contribution in [0.1, 0.15) is 147 Å². The zero-order chi connectivity index (χ0) is 40.5. The Hall–Kier alpha value is -4.72. The van der Waals surface area contributed by atoms with E-state index in [4.69, 9.17) is 37.9 Å². The first kappa shape index (κ1) is 42.4. The van der Waals surface area contributed by atoms with Gasteiger partial charge in [0.15, 0.2) is 0 Å². The van der Waals surface area contributed by atoms with E-state index in [1.807, 2.05) is 0 Å². The highest BCUT2D eigenvalue weighted by atomic mass is 16.5. The van der Waals surface area contributed by atoms with Gasteiger partial charge in [0, 0.05) is 92.4 Å². The van der Waals surface area contributed by atoms with Gasteiger partial charge in [-0.05, 0) is 49.9 Å². The van der Waals surface area contributed by atoms with E-state index in [2.05, 4.69) is 76.2 Å². The van der Waals surface area contributed by atoms with Gasteiger partial charge in [0.05, 0.1) is 56.9 Å². The Morgan fingerprint density at radius 2 is 0.411 bits per heavy atom. The minimum atomic E-state index is -0.0627. The average molecular weight is 769 g/mol. The first-order valence-corrected chi connectivity index (χ1v) is 20.3. The van der Waals surface area contributed by atoms with Gasteiger partial charge >= 0.3 is 0 Å². The van der Waals surface area contributed by atoms with Crippen LogP contribution in [0.3, 0.4) is 0 Å². The van der Waals surface area contributed by atoms with Crippen molar-refractivity contribution in [3.63, 3.8) is 0 Å². The van der Waals surface area contributed by atoms with Gasteiger partial charge in [0.1, 0.15) is 46.0 Å². The van der Waals surface area contributed by atoms with Gasteiger partial charge in [-0.25, -0.2) is 0 Å². The smallest absolute Gasteiger partial charge is 0.126 e. The van der Waals surface area contributed by atoms with Crippen LogP contribution in [0, 0.1) is 0 Å². The molecule has 0 spiro atoms. The standard InChI is InChI=1S/C48H64O8/c1-13-17-29-33-21-35(43(51-7)25-41(33)49-5)30(18-14-2)37-23-39(47(55-11)27-45(37)53-9)32(20-16-4)40-24-38(46(54-10)28-48(40)56-12)31(19-15-3)36-22-34(29)42(50-6)26-44(36)52-8/h21-32H,13-20H2,1-12H3. The molecular weight excluding hydrogens is 705 g/mol. The molecule has 0 fully saturated rings. The number of benzene rings is 4. The lowest BCUT2D eigenvalue weighted by molar-refractivity contribution is 0.373. The molecule has 56 heavy (non-hydrogen) atoms. The SMILES string of the molecule is CCCC1c2cc(c(OC)cc2OC)C(CCC)c2cc(c(OC)cc2OC)C(CCC)c2cc(c(OC)cc2OC)C(CCC)c2cc1c(OC)cc2OC. The molecule has 5 rings (SSSR count). The average Bonchev–Trinajstić information content (AvgIpc) is 3.23. The molecule has 0 N–H and O–H groups in total. The summed E-state index contributed by atoms with van der Waals surface area (Å²) in [5.74, 6) is 5.95. The quantitative estimate of drug-likeness (QED) is 0.112. The molecule has 0 aliphatic heterocycles. The van der Waals surface area contributed by atoms with Gasteiger partial charge in [-0.15, -0.1) is 0 Å². The second kappa shape index (κ2) is 19.4. The van der Waals surface area contributed by atoms with E-state index in [1.54, 1.807) is 56.9 Å². The fourth-order valence-electron chi connectivity index (χ4n) is 9.04. The van der Waals surface area contributed by atoms with E-state index < -0.39 is 0 Å². The Morgan fingerprint density at radius 3 is 0.518 bits per heavy atom. The van der Waals surface area contributed by atoms with Crippen molar-refractivity contribution in [1.82, 2.24) is 0 Å². The molecule has 0 heterocycles. The van der Waals surface area contributed by atoms with Crippen LogP contribution in [0.25, 0.3) is 0 Å². The maximum absolute atomic E-state index is 6.22. The van der Waals surface area contributed by atoms with Crippen molar-refractivity contribution in [3.8, 4) is 46.0 Å². The third kappa shape index (κ3) is 8.07. The zero-order valence-corrected chi connectivity index (χ0v) is 35.9. The number of hydrogen-bond acceptors (Lipinski definition) is 8. The summed E-state index contributed by atoms with van der Waals surface area (Å²) in [6, 6.07) is 17.5. The van der Waals surface area contributed by atoms with E-state index in [0.29, 0.717) is 0 Å². The summed E-state index contributed by atoms with van der Waals surface area (Å²) in [5.41, 5.74) is 8.67. The zero-order valence-electron chi connectivity index (χ0n) is 35.9. The highest BCUT2D eigenvalue weighted by Crippen LogP contribution is 2.53. The molecular formula is C48H64O8. The largest absolute Gasteiger partial charge is 0.496 e. The highest BCUT2D eigenvalue weighted by Gasteiger charge is 2.34. The highest BCUT2D eigenvalue weighted by molar-refractivity contribution is 5.63. The van der Waals surface area contributed by atoms with Crippen LogP contribution in [0.4, 0.5) is 0 Å². The van der Waals surface area contributed by atoms with E-state index in [-0.39, 0.29) is 23.7 Å². The van der Waals surface area contributed by atoms with Crippen molar-refractivity contribution in [3.05, 3.63) is 93.0 Å². The predicted molar refractivity (Wildman–Crippen MR) is 225 cm³/mol. The molecule has 1 aliphatic rings. The van der Waals surface area contributed by atoms with Crippen LogP contribution in [0.5, 0.6) is 46.0 Å². The fraction of sp³-hybridized carbons (Fsp3) is 0.500. The van der Waals surface area contributed by atoms with Crippen molar-refractivity contribution in [1.29, 1.82) is 0 Å². The number of rotatable bonds is 16. The van der Waals surface area contributed by atoms with Crippen LogP contribution < -0.4 is 37.9 Å². The number of fused-ring (bicyclic) bond motifs is 8. The van der Waals surface area contributed by atoms with Crippen LogP contribution >= 0.6 is 0 Å². The minimum absolute atomic E-state index is 0.0627. The number of methoxy groups -OCH3 is 8. The summed E-state index contributed by atoms with van der Waals surface area (Å²) in [7, 11) is 13.9. The van der Waals surface area contributed by atoms with Gasteiger partial charge in [-0.1, -0.05) is 53.4 Å². The van der Waals surface area contributed by atoms with Gasteiger partial charge < -0.3 is 37.9 Å². The molecule has 8 bridgehead atoms. The Labute approximate surface area is 335 Å². The predicted octanol–water partition coefficient (Wildman–Crippen LogP) is 11.8. The molecule has 0 unspecified atom stereocenters. The van der Waals surface area contributed by atoms with Gasteiger partial charge in [-0.3, -0.25) is 0 Å². The third-order valence-corrected chi connectivity index (χ3v) is 11.6.